The molecule has 0 bridgehead atoms. The Labute approximate surface area is 126 Å². The topological polar surface area (TPSA) is 42.7 Å². The van der Waals surface area contributed by atoms with Gasteiger partial charge in [0.25, 0.3) is 5.82 Å². The number of halogens is 3. The van der Waals surface area contributed by atoms with Crippen molar-refractivity contribution in [2.45, 2.75) is 38.3 Å². The highest BCUT2D eigenvalue weighted by atomic mass is 19.4. The van der Waals surface area contributed by atoms with Crippen LogP contribution in [-0.2, 0) is 12.6 Å². The quantitative estimate of drug-likeness (QED) is 0.935. The minimum absolute atomic E-state index is 0.0844. The maximum absolute atomic E-state index is 12.8. The third-order valence-corrected chi connectivity index (χ3v) is 3.85. The van der Waals surface area contributed by atoms with Crippen LogP contribution in [0, 0.1) is 0 Å². The smallest absolute Gasteiger partial charge is 0.357 e. The largest absolute Gasteiger partial charge is 0.453 e. The highest BCUT2D eigenvalue weighted by Gasteiger charge is 2.37. The summed E-state index contributed by atoms with van der Waals surface area (Å²) >= 11 is 0. The molecular formula is C15H17F3N4. The number of aryl methyl sites for hydroxylation is 1. The summed E-state index contributed by atoms with van der Waals surface area (Å²) in [7, 11) is 1.53. The van der Waals surface area contributed by atoms with E-state index in [1.807, 2.05) is 19.1 Å². The summed E-state index contributed by atoms with van der Waals surface area (Å²) in [6.07, 6.45) is -1.46. The molecule has 3 rings (SSSR count). The first-order valence-electron chi connectivity index (χ1n) is 7.29. The molecule has 1 aromatic carbocycles. The second-order valence-corrected chi connectivity index (χ2v) is 5.43. The van der Waals surface area contributed by atoms with Gasteiger partial charge in [0.2, 0.25) is 5.95 Å². The Hall–Kier alpha value is -2.05. The average molecular weight is 310 g/mol. The van der Waals surface area contributed by atoms with Crippen molar-refractivity contribution >= 4 is 5.95 Å². The second-order valence-electron chi connectivity index (χ2n) is 5.43. The first kappa shape index (κ1) is 14.9. The fourth-order valence-corrected chi connectivity index (χ4v) is 2.53. The number of benzene rings is 1. The molecule has 1 saturated carbocycles. The van der Waals surface area contributed by atoms with Gasteiger partial charge in [-0.15, -0.1) is 5.10 Å². The lowest BCUT2D eigenvalue weighted by Crippen LogP contribution is -2.09. The molecule has 1 fully saturated rings. The summed E-state index contributed by atoms with van der Waals surface area (Å²) in [5.41, 5.74) is 2.86. The van der Waals surface area contributed by atoms with E-state index in [2.05, 4.69) is 21.5 Å². The Morgan fingerprint density at radius 2 is 2.05 bits per heavy atom. The molecule has 4 nitrogen and oxygen atoms in total. The van der Waals surface area contributed by atoms with Crippen LogP contribution in [0.5, 0.6) is 0 Å². The van der Waals surface area contributed by atoms with E-state index in [1.165, 1.54) is 30.1 Å². The van der Waals surface area contributed by atoms with Gasteiger partial charge in [-0.05, 0) is 42.4 Å². The standard InChI is InChI=1S/C15H17F3N4/c1-3-9-8-11(10-4-5-10)6-7-12(9)22-14(19-2)20-13(21-22)15(16,17)18/h6-8,10H,3-5H2,1-2H3,(H,19,20,21). The van der Waals surface area contributed by atoms with Crippen molar-refractivity contribution in [1.82, 2.24) is 14.8 Å². The van der Waals surface area contributed by atoms with E-state index in [-0.39, 0.29) is 5.95 Å². The fourth-order valence-electron chi connectivity index (χ4n) is 2.53. The summed E-state index contributed by atoms with van der Waals surface area (Å²) in [5.74, 6) is -0.448. The Bertz CT molecular complexity index is 687. The van der Waals surface area contributed by atoms with Crippen LogP contribution in [0.15, 0.2) is 18.2 Å². The van der Waals surface area contributed by atoms with Gasteiger partial charge in [0.1, 0.15) is 0 Å². The van der Waals surface area contributed by atoms with Crippen molar-refractivity contribution in [3.05, 3.63) is 35.2 Å². The van der Waals surface area contributed by atoms with Crippen LogP contribution in [0.25, 0.3) is 5.69 Å². The van der Waals surface area contributed by atoms with Gasteiger partial charge in [-0.1, -0.05) is 19.1 Å². The third-order valence-electron chi connectivity index (χ3n) is 3.85. The Balaban J connectivity index is 2.08. The molecule has 0 unspecified atom stereocenters. The normalized spacial score (nSPS) is 15.1. The van der Waals surface area contributed by atoms with Gasteiger partial charge in [0.05, 0.1) is 5.69 Å². The molecule has 0 aliphatic heterocycles. The molecule has 2 aromatic rings. The number of nitrogens with one attached hydrogen (secondary N) is 1. The SMILES string of the molecule is CCc1cc(C2CC2)ccc1-n1nc(C(F)(F)F)nc1NC. The van der Waals surface area contributed by atoms with Gasteiger partial charge in [-0.25, -0.2) is 0 Å². The van der Waals surface area contributed by atoms with E-state index in [9.17, 15) is 13.2 Å². The van der Waals surface area contributed by atoms with E-state index in [1.54, 1.807) is 0 Å². The maximum Gasteiger partial charge on any atom is 0.453 e. The van der Waals surface area contributed by atoms with Gasteiger partial charge in [0.15, 0.2) is 0 Å². The van der Waals surface area contributed by atoms with Crippen molar-refractivity contribution in [2.75, 3.05) is 12.4 Å². The lowest BCUT2D eigenvalue weighted by Gasteiger charge is -2.12. The average Bonchev–Trinajstić information content (AvgIpc) is 3.24. The maximum atomic E-state index is 12.8. The zero-order valence-electron chi connectivity index (χ0n) is 12.4. The summed E-state index contributed by atoms with van der Waals surface area (Å²) < 4.78 is 39.7. The van der Waals surface area contributed by atoms with Crippen LogP contribution < -0.4 is 5.32 Å². The Kier molecular flexibility index (Phi) is 3.58. The third kappa shape index (κ3) is 2.67. The van der Waals surface area contributed by atoms with Crippen molar-refractivity contribution in [1.29, 1.82) is 0 Å². The molecule has 0 spiro atoms. The van der Waals surface area contributed by atoms with Crippen molar-refractivity contribution in [2.24, 2.45) is 0 Å². The van der Waals surface area contributed by atoms with Crippen LogP contribution in [0.4, 0.5) is 19.1 Å². The lowest BCUT2D eigenvalue weighted by atomic mass is 10.0. The van der Waals surface area contributed by atoms with Crippen molar-refractivity contribution in [3.8, 4) is 5.69 Å². The van der Waals surface area contributed by atoms with Gasteiger partial charge in [-0.3, -0.25) is 0 Å². The van der Waals surface area contributed by atoms with Gasteiger partial charge in [0, 0.05) is 7.05 Å². The second kappa shape index (κ2) is 5.30. The number of alkyl halides is 3. The molecule has 1 aliphatic rings. The minimum atomic E-state index is -4.56. The molecule has 118 valence electrons. The molecule has 1 aromatic heterocycles. The monoisotopic (exact) mass is 310 g/mol. The fraction of sp³-hybridized carbons (Fsp3) is 0.467. The number of nitrogens with zero attached hydrogens (tertiary/aromatic N) is 3. The molecule has 0 atom stereocenters. The number of aromatic nitrogens is 3. The van der Waals surface area contributed by atoms with Crippen molar-refractivity contribution < 1.29 is 13.2 Å². The first-order valence-corrected chi connectivity index (χ1v) is 7.29. The number of rotatable bonds is 4. The lowest BCUT2D eigenvalue weighted by molar-refractivity contribution is -0.144. The summed E-state index contributed by atoms with van der Waals surface area (Å²) in [6, 6.07) is 5.88. The van der Waals surface area contributed by atoms with E-state index in [4.69, 9.17) is 0 Å². The van der Waals surface area contributed by atoms with Crippen LogP contribution >= 0.6 is 0 Å². The molecule has 1 aliphatic carbocycles. The minimum Gasteiger partial charge on any atom is -0.357 e. The molecule has 1 heterocycles. The molecule has 1 N–H and O–H groups in total. The number of hydrogen-bond donors (Lipinski definition) is 1. The summed E-state index contributed by atoms with van der Waals surface area (Å²) in [5, 5.41) is 6.32. The zero-order valence-corrected chi connectivity index (χ0v) is 12.4. The van der Waals surface area contributed by atoms with Gasteiger partial charge < -0.3 is 5.32 Å². The highest BCUT2D eigenvalue weighted by Crippen LogP contribution is 2.41. The number of anilines is 1. The van der Waals surface area contributed by atoms with E-state index in [0.717, 1.165) is 12.0 Å². The molecule has 7 heteroatoms. The molecule has 0 radical (unpaired) electrons. The predicted molar refractivity (Wildman–Crippen MR) is 77.3 cm³/mol. The van der Waals surface area contributed by atoms with Crippen molar-refractivity contribution in [3.63, 3.8) is 0 Å². The molecule has 0 saturated heterocycles. The Morgan fingerprint density at radius 3 is 2.59 bits per heavy atom. The van der Waals surface area contributed by atoms with E-state index in [0.29, 0.717) is 11.6 Å². The highest BCUT2D eigenvalue weighted by molar-refractivity contribution is 5.48. The summed E-state index contributed by atoms with van der Waals surface area (Å²) in [6.45, 7) is 1.98. The molecule has 22 heavy (non-hydrogen) atoms. The van der Waals surface area contributed by atoms with Gasteiger partial charge >= 0.3 is 6.18 Å². The molecular weight excluding hydrogens is 293 g/mol. The first-order chi connectivity index (χ1) is 10.4. The van der Waals surface area contributed by atoms with Crippen LogP contribution in [-0.4, -0.2) is 21.8 Å². The van der Waals surface area contributed by atoms with Crippen LogP contribution in [0.2, 0.25) is 0 Å². The van der Waals surface area contributed by atoms with Crippen LogP contribution in [0.1, 0.15) is 42.6 Å². The summed E-state index contributed by atoms with van der Waals surface area (Å²) in [4.78, 5) is 3.54. The van der Waals surface area contributed by atoms with E-state index < -0.39 is 12.0 Å². The van der Waals surface area contributed by atoms with Crippen LogP contribution in [0.3, 0.4) is 0 Å². The van der Waals surface area contributed by atoms with E-state index >= 15 is 0 Å². The zero-order chi connectivity index (χ0) is 15.9. The predicted octanol–water partition coefficient (Wildman–Crippen LogP) is 3.77. The number of hydrogen-bond acceptors (Lipinski definition) is 3. The Morgan fingerprint density at radius 1 is 1.32 bits per heavy atom. The van der Waals surface area contributed by atoms with Gasteiger partial charge in [-0.2, -0.15) is 22.8 Å². The molecule has 0 amide bonds.